The first-order valence-corrected chi connectivity index (χ1v) is 7.17. The molecule has 0 unspecified atom stereocenters. The fourth-order valence-corrected chi connectivity index (χ4v) is 3.29. The third kappa shape index (κ3) is 2.24. The van der Waals surface area contributed by atoms with Crippen LogP contribution in [0.15, 0.2) is 48.0 Å². The van der Waals surface area contributed by atoms with Crippen LogP contribution in [0.25, 0.3) is 10.2 Å². The molecule has 0 atom stereocenters. The highest BCUT2D eigenvalue weighted by atomic mass is 35.5. The molecule has 1 heterocycles. The van der Waals surface area contributed by atoms with Gasteiger partial charge in [-0.1, -0.05) is 46.7 Å². The number of halogens is 2. The van der Waals surface area contributed by atoms with E-state index >= 15 is 0 Å². The predicted octanol–water partition coefficient (Wildman–Crippen LogP) is 4.54. The Kier molecular flexibility index (Phi) is 3.25. The van der Waals surface area contributed by atoms with Gasteiger partial charge in [0.1, 0.15) is 4.70 Å². The van der Waals surface area contributed by atoms with E-state index in [9.17, 15) is 0 Å². The summed E-state index contributed by atoms with van der Waals surface area (Å²) >= 11 is 13.8. The van der Waals surface area contributed by atoms with Crippen LogP contribution in [-0.2, 0) is 6.54 Å². The molecule has 0 fully saturated rings. The summed E-state index contributed by atoms with van der Waals surface area (Å²) in [6.45, 7) is 0.764. The number of hydrogen-bond donors (Lipinski definition) is 0. The fraction of sp³-hybridized carbons (Fsp3) is 0.0714. The molecule has 0 aliphatic rings. The lowest BCUT2D eigenvalue weighted by atomic mass is 10.2. The molecular formula is C14H10Cl2NS+. The molecule has 3 rings (SSSR count). The minimum atomic E-state index is 0.670. The topological polar surface area (TPSA) is 3.88 Å². The summed E-state index contributed by atoms with van der Waals surface area (Å²) in [5.41, 5.74) is 4.43. The summed E-state index contributed by atoms with van der Waals surface area (Å²) in [7, 11) is 0. The molecule has 2 aromatic carbocycles. The lowest BCUT2D eigenvalue weighted by Crippen LogP contribution is -2.32. The van der Waals surface area contributed by atoms with Gasteiger partial charge in [0.2, 0.25) is 11.0 Å². The van der Waals surface area contributed by atoms with E-state index in [0.717, 1.165) is 12.1 Å². The van der Waals surface area contributed by atoms with Crippen LogP contribution in [0.2, 0.25) is 10.0 Å². The zero-order valence-corrected chi connectivity index (χ0v) is 11.8. The zero-order valence-electron chi connectivity index (χ0n) is 9.44. The van der Waals surface area contributed by atoms with Crippen molar-refractivity contribution in [1.82, 2.24) is 0 Å². The Bertz CT molecular complexity index is 706. The highest BCUT2D eigenvalue weighted by Crippen LogP contribution is 2.22. The molecule has 0 spiro atoms. The lowest BCUT2D eigenvalue weighted by molar-refractivity contribution is -0.658. The Morgan fingerprint density at radius 2 is 1.89 bits per heavy atom. The minimum Gasteiger partial charge on any atom is -0.184 e. The molecule has 0 N–H and O–H groups in total. The number of fused-ring (bicyclic) bond motifs is 1. The molecule has 0 radical (unpaired) electrons. The third-order valence-electron chi connectivity index (χ3n) is 2.84. The van der Waals surface area contributed by atoms with Gasteiger partial charge >= 0.3 is 0 Å². The Labute approximate surface area is 119 Å². The predicted molar refractivity (Wildman–Crippen MR) is 77.6 cm³/mol. The SMILES string of the molecule is Clc1ccc(C[n+]2csc3ccccc32)c(Cl)c1. The first-order valence-electron chi connectivity index (χ1n) is 5.53. The van der Waals surface area contributed by atoms with Crippen molar-refractivity contribution in [2.75, 3.05) is 0 Å². The number of thiazole rings is 1. The monoisotopic (exact) mass is 294 g/mol. The number of para-hydroxylation sites is 1. The Morgan fingerprint density at radius 1 is 1.06 bits per heavy atom. The van der Waals surface area contributed by atoms with Gasteiger partial charge in [-0.25, -0.2) is 0 Å². The maximum absolute atomic E-state index is 6.20. The first-order chi connectivity index (χ1) is 8.74. The smallest absolute Gasteiger partial charge is 0.184 e. The molecule has 1 nitrogen and oxygen atoms in total. The normalized spacial score (nSPS) is 11.0. The second-order valence-corrected chi connectivity index (χ2v) is 5.78. The van der Waals surface area contributed by atoms with Crippen LogP contribution >= 0.6 is 34.5 Å². The van der Waals surface area contributed by atoms with E-state index in [4.69, 9.17) is 23.2 Å². The fourth-order valence-electron chi connectivity index (χ4n) is 1.93. The average Bonchev–Trinajstić information content (AvgIpc) is 2.76. The van der Waals surface area contributed by atoms with Crippen LogP contribution in [0.3, 0.4) is 0 Å². The van der Waals surface area contributed by atoms with Crippen molar-refractivity contribution in [1.29, 1.82) is 0 Å². The Morgan fingerprint density at radius 3 is 2.72 bits per heavy atom. The highest BCUT2D eigenvalue weighted by Gasteiger charge is 2.13. The number of rotatable bonds is 2. The van der Waals surface area contributed by atoms with Gasteiger partial charge in [0, 0.05) is 16.7 Å². The van der Waals surface area contributed by atoms with Crippen LogP contribution in [0.5, 0.6) is 0 Å². The van der Waals surface area contributed by atoms with Crippen molar-refractivity contribution in [3.8, 4) is 0 Å². The second kappa shape index (κ2) is 4.88. The van der Waals surface area contributed by atoms with Gasteiger partial charge in [-0.15, -0.1) is 0 Å². The molecule has 0 bridgehead atoms. The van der Waals surface area contributed by atoms with Crippen molar-refractivity contribution < 1.29 is 4.57 Å². The van der Waals surface area contributed by atoms with Crippen LogP contribution in [0, 0.1) is 0 Å². The van der Waals surface area contributed by atoms with E-state index in [1.54, 1.807) is 17.4 Å². The summed E-state index contributed by atoms with van der Waals surface area (Å²) < 4.78 is 3.48. The van der Waals surface area contributed by atoms with Gasteiger partial charge in [-0.05, 0) is 24.3 Å². The van der Waals surface area contributed by atoms with E-state index < -0.39 is 0 Å². The Hall–Kier alpha value is -1.09. The van der Waals surface area contributed by atoms with Crippen LogP contribution in [-0.4, -0.2) is 0 Å². The van der Waals surface area contributed by atoms with E-state index in [1.807, 2.05) is 12.1 Å². The van der Waals surface area contributed by atoms with Gasteiger partial charge in [0.15, 0.2) is 6.54 Å². The lowest BCUT2D eigenvalue weighted by Gasteiger charge is -2.00. The molecule has 0 aliphatic heterocycles. The van der Waals surface area contributed by atoms with E-state index in [-0.39, 0.29) is 0 Å². The molecule has 1 aromatic heterocycles. The molecule has 90 valence electrons. The van der Waals surface area contributed by atoms with Crippen LogP contribution in [0.1, 0.15) is 5.56 Å². The first kappa shape index (κ1) is 12.0. The van der Waals surface area contributed by atoms with Crippen molar-refractivity contribution in [3.05, 3.63) is 63.6 Å². The molecule has 18 heavy (non-hydrogen) atoms. The Balaban J connectivity index is 2.01. The summed E-state index contributed by atoms with van der Waals surface area (Å²) in [5.74, 6) is 0. The molecule has 0 aliphatic carbocycles. The molecule has 0 saturated carbocycles. The van der Waals surface area contributed by atoms with E-state index in [2.05, 4.69) is 34.3 Å². The van der Waals surface area contributed by atoms with Gasteiger partial charge in [-0.3, -0.25) is 0 Å². The highest BCUT2D eigenvalue weighted by molar-refractivity contribution is 7.16. The van der Waals surface area contributed by atoms with Gasteiger partial charge in [-0.2, -0.15) is 4.57 Å². The van der Waals surface area contributed by atoms with Crippen molar-refractivity contribution in [3.63, 3.8) is 0 Å². The zero-order chi connectivity index (χ0) is 12.5. The molecular weight excluding hydrogens is 285 g/mol. The number of hydrogen-bond acceptors (Lipinski definition) is 1. The molecule has 0 amide bonds. The standard InChI is InChI=1S/C14H10Cl2NS/c15-11-6-5-10(12(16)7-11)8-17-9-18-14-4-2-1-3-13(14)17/h1-7,9H,8H2/q+1. The quantitative estimate of drug-likeness (QED) is 0.611. The van der Waals surface area contributed by atoms with E-state index in [1.165, 1.54) is 10.2 Å². The maximum Gasteiger partial charge on any atom is 0.226 e. The van der Waals surface area contributed by atoms with Gasteiger partial charge in [0.05, 0.1) is 5.02 Å². The number of aromatic nitrogens is 1. The largest absolute Gasteiger partial charge is 0.226 e. The molecule has 4 heteroatoms. The summed E-state index contributed by atoms with van der Waals surface area (Å²) in [5, 5.41) is 1.38. The molecule has 3 aromatic rings. The van der Waals surface area contributed by atoms with Crippen molar-refractivity contribution in [2.45, 2.75) is 6.54 Å². The summed E-state index contributed by atoms with van der Waals surface area (Å²) in [4.78, 5) is 0. The minimum absolute atomic E-state index is 0.670. The van der Waals surface area contributed by atoms with Crippen LogP contribution in [0.4, 0.5) is 0 Å². The maximum atomic E-state index is 6.20. The third-order valence-corrected chi connectivity index (χ3v) is 4.38. The van der Waals surface area contributed by atoms with E-state index in [0.29, 0.717) is 10.0 Å². The summed E-state index contributed by atoms with van der Waals surface area (Å²) in [6.07, 6.45) is 0. The average molecular weight is 295 g/mol. The summed E-state index contributed by atoms with van der Waals surface area (Å²) in [6, 6.07) is 14.0. The molecule has 0 saturated heterocycles. The van der Waals surface area contributed by atoms with Gasteiger partial charge < -0.3 is 0 Å². The van der Waals surface area contributed by atoms with Crippen LogP contribution < -0.4 is 4.57 Å². The number of benzene rings is 2. The van der Waals surface area contributed by atoms with Gasteiger partial charge in [0.25, 0.3) is 0 Å². The number of nitrogens with zero attached hydrogens (tertiary/aromatic N) is 1. The van der Waals surface area contributed by atoms with Crippen molar-refractivity contribution in [2.24, 2.45) is 0 Å². The van der Waals surface area contributed by atoms with Crippen molar-refractivity contribution >= 4 is 44.8 Å². The second-order valence-electron chi connectivity index (χ2n) is 4.05.